The van der Waals surface area contributed by atoms with Crippen molar-refractivity contribution in [2.45, 2.75) is 6.92 Å². The van der Waals surface area contributed by atoms with Gasteiger partial charge < -0.3 is 10.6 Å². The van der Waals surface area contributed by atoms with Crippen LogP contribution in [-0.2, 0) is 0 Å². The summed E-state index contributed by atoms with van der Waals surface area (Å²) in [4.78, 5) is 21.2. The molecule has 0 aliphatic rings. The number of hydrogen-bond donors (Lipinski definition) is 2. The average Bonchev–Trinajstić information content (AvgIpc) is 3.14. The van der Waals surface area contributed by atoms with E-state index in [0.29, 0.717) is 0 Å². The van der Waals surface area contributed by atoms with E-state index in [1.54, 1.807) is 24.0 Å². The van der Waals surface area contributed by atoms with Gasteiger partial charge in [-0.3, -0.25) is 14.5 Å². The number of aryl methyl sites for hydroxylation is 1. The summed E-state index contributed by atoms with van der Waals surface area (Å²) in [6.45, 7) is 1.93. The van der Waals surface area contributed by atoms with Gasteiger partial charge in [0.15, 0.2) is 0 Å². The van der Waals surface area contributed by atoms with Crippen molar-refractivity contribution in [1.29, 1.82) is 0 Å². The Labute approximate surface area is 179 Å². The Bertz CT molecular complexity index is 1420. The molecule has 3 aromatic heterocycles. The molecule has 3 heterocycles. The van der Waals surface area contributed by atoms with E-state index >= 15 is 0 Å². The fourth-order valence-corrected chi connectivity index (χ4v) is 3.92. The highest BCUT2D eigenvalue weighted by molar-refractivity contribution is 5.97. The van der Waals surface area contributed by atoms with Crippen molar-refractivity contribution in [3.8, 4) is 11.3 Å². The third-order valence-corrected chi connectivity index (χ3v) is 5.38. The van der Waals surface area contributed by atoms with Gasteiger partial charge in [-0.05, 0) is 55.5 Å². The number of nitrogens with one attached hydrogen (secondary N) is 2. The van der Waals surface area contributed by atoms with E-state index < -0.39 is 0 Å². The number of carbonyl (C=O) groups is 1. The number of rotatable bonds is 3. The van der Waals surface area contributed by atoms with Crippen LogP contribution in [0.1, 0.15) is 5.69 Å². The molecule has 0 saturated carbocycles. The van der Waals surface area contributed by atoms with Gasteiger partial charge >= 0.3 is 6.03 Å². The Morgan fingerprint density at radius 1 is 0.935 bits per heavy atom. The maximum Gasteiger partial charge on any atom is 0.325 e. The third kappa shape index (κ3) is 3.38. The highest BCUT2D eigenvalue weighted by Gasteiger charge is 2.12. The van der Waals surface area contributed by atoms with E-state index in [-0.39, 0.29) is 6.03 Å². The van der Waals surface area contributed by atoms with Crippen molar-refractivity contribution in [2.75, 3.05) is 12.4 Å². The molecule has 152 valence electrons. The first-order valence-corrected chi connectivity index (χ1v) is 10.1. The highest BCUT2D eigenvalue weighted by atomic mass is 16.2. The van der Waals surface area contributed by atoms with Crippen LogP contribution in [0, 0.1) is 6.92 Å². The zero-order valence-electron chi connectivity index (χ0n) is 17.3. The average molecular weight is 407 g/mol. The molecule has 0 aliphatic heterocycles. The number of hydrogen-bond acceptors (Lipinski definition) is 4. The lowest BCUT2D eigenvalue weighted by atomic mass is 10.1. The fraction of sp³-hybridized carbons (Fsp3) is 0.0800. The van der Waals surface area contributed by atoms with Crippen LogP contribution < -0.4 is 10.6 Å². The van der Waals surface area contributed by atoms with Crippen molar-refractivity contribution < 1.29 is 4.79 Å². The van der Waals surface area contributed by atoms with Gasteiger partial charge in [-0.25, -0.2) is 4.79 Å². The van der Waals surface area contributed by atoms with E-state index in [0.717, 1.165) is 50.1 Å². The molecule has 0 atom stereocenters. The molecule has 2 N–H and O–H groups in total. The minimum Gasteiger partial charge on any atom is -0.355 e. The Kier molecular flexibility index (Phi) is 4.59. The number of amides is 1. The summed E-state index contributed by atoms with van der Waals surface area (Å²) in [6, 6.07) is 21.9. The minimum absolute atomic E-state index is 0.142. The molecular weight excluding hydrogens is 386 g/mol. The molecule has 5 aromatic rings. The predicted molar refractivity (Wildman–Crippen MR) is 125 cm³/mol. The summed E-state index contributed by atoms with van der Waals surface area (Å²) in [7, 11) is 1.64. The number of pyridine rings is 2. The number of nitrogens with zero attached hydrogens (tertiary/aromatic N) is 3. The maximum absolute atomic E-state index is 12.2. The van der Waals surface area contributed by atoms with Gasteiger partial charge in [0.1, 0.15) is 0 Å². The molecule has 6 heteroatoms. The zero-order valence-corrected chi connectivity index (χ0v) is 17.3. The Morgan fingerprint density at radius 2 is 1.84 bits per heavy atom. The fourth-order valence-electron chi connectivity index (χ4n) is 3.92. The van der Waals surface area contributed by atoms with E-state index in [1.165, 1.54) is 0 Å². The molecule has 0 saturated heterocycles. The van der Waals surface area contributed by atoms with Crippen LogP contribution >= 0.6 is 0 Å². The van der Waals surface area contributed by atoms with E-state index in [2.05, 4.69) is 44.9 Å². The van der Waals surface area contributed by atoms with Crippen LogP contribution in [-0.4, -0.2) is 27.6 Å². The molecule has 6 nitrogen and oxygen atoms in total. The summed E-state index contributed by atoms with van der Waals surface area (Å²) in [5.74, 6) is 0. The van der Waals surface area contributed by atoms with Crippen LogP contribution in [0.15, 0.2) is 79.1 Å². The first kappa shape index (κ1) is 18.8. The summed E-state index contributed by atoms with van der Waals surface area (Å²) in [6.07, 6.45) is 3.60. The quantitative estimate of drug-likeness (QED) is 0.415. The number of benzene rings is 2. The van der Waals surface area contributed by atoms with Gasteiger partial charge in [0, 0.05) is 52.8 Å². The van der Waals surface area contributed by atoms with Crippen molar-refractivity contribution in [3.63, 3.8) is 0 Å². The van der Waals surface area contributed by atoms with Crippen molar-refractivity contribution >= 4 is 39.2 Å². The smallest absolute Gasteiger partial charge is 0.325 e. The normalized spacial score (nSPS) is 11.0. The van der Waals surface area contributed by atoms with Gasteiger partial charge in [-0.15, -0.1) is 0 Å². The lowest BCUT2D eigenvalue weighted by molar-refractivity contribution is 0.245. The topological polar surface area (TPSA) is 71.8 Å². The van der Waals surface area contributed by atoms with Gasteiger partial charge in [0.2, 0.25) is 0 Å². The number of fused-ring (bicyclic) bond motifs is 2. The predicted octanol–water partition coefficient (Wildman–Crippen LogP) is 5.49. The van der Waals surface area contributed by atoms with Crippen LogP contribution in [0.3, 0.4) is 0 Å². The largest absolute Gasteiger partial charge is 0.355 e. The standard InChI is InChI=1S/C25H21N5O/c1-16-13-18-14-19(7-9-24(18)30(16)25(31)26-2)29-22-10-12-28-23-15-17(6-8-20(22)23)21-5-3-4-11-27-21/h3-15H,1-2H3,(H,26,31)(H,28,29). The summed E-state index contributed by atoms with van der Waals surface area (Å²) in [5.41, 5.74) is 6.54. The van der Waals surface area contributed by atoms with Crippen LogP contribution in [0.2, 0.25) is 0 Å². The van der Waals surface area contributed by atoms with Gasteiger partial charge in [-0.2, -0.15) is 0 Å². The SMILES string of the molecule is CNC(=O)n1c(C)cc2cc(Nc3ccnc4cc(-c5ccccn5)ccc34)ccc21. The minimum atomic E-state index is -0.142. The third-order valence-electron chi connectivity index (χ3n) is 5.38. The molecule has 5 rings (SSSR count). The maximum atomic E-state index is 12.2. The van der Waals surface area contributed by atoms with Crippen molar-refractivity contribution in [3.05, 3.63) is 84.8 Å². The molecule has 0 unspecified atom stereocenters. The molecular formula is C25H21N5O. The lowest BCUT2D eigenvalue weighted by Gasteiger charge is -2.11. The van der Waals surface area contributed by atoms with Crippen molar-refractivity contribution in [2.24, 2.45) is 0 Å². The summed E-state index contributed by atoms with van der Waals surface area (Å²) < 4.78 is 1.68. The van der Waals surface area contributed by atoms with Crippen LogP contribution in [0.4, 0.5) is 16.2 Å². The zero-order chi connectivity index (χ0) is 21.4. The van der Waals surface area contributed by atoms with E-state index in [9.17, 15) is 4.79 Å². The number of anilines is 2. The second kappa shape index (κ2) is 7.57. The molecule has 0 bridgehead atoms. The lowest BCUT2D eigenvalue weighted by Crippen LogP contribution is -2.25. The first-order valence-electron chi connectivity index (χ1n) is 10.1. The molecule has 31 heavy (non-hydrogen) atoms. The summed E-state index contributed by atoms with van der Waals surface area (Å²) in [5, 5.41) is 8.22. The Morgan fingerprint density at radius 3 is 2.65 bits per heavy atom. The van der Waals surface area contributed by atoms with Crippen LogP contribution in [0.5, 0.6) is 0 Å². The number of carbonyl (C=O) groups excluding carboxylic acids is 1. The first-order chi connectivity index (χ1) is 15.1. The van der Waals surface area contributed by atoms with Gasteiger partial charge in [0.25, 0.3) is 0 Å². The number of aromatic nitrogens is 3. The van der Waals surface area contributed by atoms with Crippen molar-refractivity contribution in [1.82, 2.24) is 19.9 Å². The Hall–Kier alpha value is -4.19. The molecule has 2 aromatic carbocycles. The molecule has 0 aliphatic carbocycles. The second-order valence-electron chi connectivity index (χ2n) is 7.38. The molecule has 0 fully saturated rings. The van der Waals surface area contributed by atoms with E-state index in [1.807, 2.05) is 49.4 Å². The summed E-state index contributed by atoms with van der Waals surface area (Å²) >= 11 is 0. The van der Waals surface area contributed by atoms with E-state index in [4.69, 9.17) is 0 Å². The van der Waals surface area contributed by atoms with Gasteiger partial charge in [0.05, 0.1) is 16.7 Å². The molecule has 1 amide bonds. The van der Waals surface area contributed by atoms with Crippen LogP contribution in [0.25, 0.3) is 33.1 Å². The van der Waals surface area contributed by atoms with Gasteiger partial charge in [-0.1, -0.05) is 18.2 Å². The molecule has 0 radical (unpaired) electrons. The Balaban J connectivity index is 1.51. The monoisotopic (exact) mass is 407 g/mol. The molecule has 0 spiro atoms. The second-order valence-corrected chi connectivity index (χ2v) is 7.38. The highest BCUT2D eigenvalue weighted by Crippen LogP contribution is 2.30.